The van der Waals surface area contributed by atoms with Gasteiger partial charge in [-0.05, 0) is 54.9 Å². The van der Waals surface area contributed by atoms with Crippen molar-refractivity contribution in [3.63, 3.8) is 0 Å². The summed E-state index contributed by atoms with van der Waals surface area (Å²) in [5.41, 5.74) is 5.54. The quantitative estimate of drug-likeness (QED) is 0.372. The van der Waals surface area contributed by atoms with Crippen molar-refractivity contribution in [3.05, 3.63) is 93.6 Å². The van der Waals surface area contributed by atoms with E-state index in [2.05, 4.69) is 26.8 Å². The van der Waals surface area contributed by atoms with Crippen LogP contribution in [0.4, 0.5) is 0 Å². The smallest absolute Gasteiger partial charge is 0.201 e. The molecule has 1 spiro atoms. The summed E-state index contributed by atoms with van der Waals surface area (Å²) in [6.07, 6.45) is 5.16. The van der Waals surface area contributed by atoms with Crippen LogP contribution in [0.3, 0.4) is 0 Å². The number of phenols is 1. The van der Waals surface area contributed by atoms with Gasteiger partial charge in [0.15, 0.2) is 0 Å². The van der Waals surface area contributed by atoms with Crippen LogP contribution in [0.25, 0.3) is 0 Å². The molecule has 3 aromatic rings. The number of fused-ring (bicyclic) bond motifs is 3. The van der Waals surface area contributed by atoms with Crippen LogP contribution in [-0.4, -0.2) is 25.1 Å². The molecule has 0 bridgehead atoms. The Morgan fingerprint density at radius 3 is 2.37 bits per heavy atom. The Balaban J connectivity index is 1.67. The maximum Gasteiger partial charge on any atom is 0.201 e. The number of phenolic OH excluding ortho intramolecular Hbond substituents is 1. The number of benzene rings is 3. The van der Waals surface area contributed by atoms with Crippen LogP contribution >= 0.6 is 0 Å². The van der Waals surface area contributed by atoms with Crippen LogP contribution in [-0.2, 0) is 12.0 Å². The highest BCUT2D eigenvalue weighted by molar-refractivity contribution is 6.17. The molecule has 0 amide bonds. The minimum absolute atomic E-state index is 0.0288. The van der Waals surface area contributed by atoms with Gasteiger partial charge >= 0.3 is 0 Å². The first-order valence-electron chi connectivity index (χ1n) is 13.3. The molecule has 0 radical (unpaired) electrons. The van der Waals surface area contributed by atoms with Crippen LogP contribution in [0.15, 0.2) is 60.2 Å². The molecule has 3 aliphatic carbocycles. The summed E-state index contributed by atoms with van der Waals surface area (Å²) in [6.45, 7) is 7.19. The standard InChI is InChI=1S/C33H34O5/c1-19-10-9-15-32(2,3)33(19)17-21-26-23(36-4)14-13-22(34)28(26)31(35)29-24(16-25(37-5)30(33)27(21)29)38-18-20-11-7-6-8-12-20/h6-8,10-14,16,21,34H,9,15,17-18H2,1-5H3/t21-,33-/m1/s1. The lowest BCUT2D eigenvalue weighted by molar-refractivity contribution is 0.102. The summed E-state index contributed by atoms with van der Waals surface area (Å²) in [5, 5.41) is 11.0. The number of rotatable bonds is 5. The minimum Gasteiger partial charge on any atom is -0.507 e. The topological polar surface area (TPSA) is 65.0 Å². The van der Waals surface area contributed by atoms with Crippen LogP contribution in [0.2, 0.25) is 0 Å². The van der Waals surface area contributed by atoms with Crippen molar-refractivity contribution in [2.24, 2.45) is 5.41 Å². The zero-order valence-electron chi connectivity index (χ0n) is 22.7. The van der Waals surface area contributed by atoms with Gasteiger partial charge in [-0.15, -0.1) is 0 Å². The van der Waals surface area contributed by atoms with Gasteiger partial charge in [-0.2, -0.15) is 0 Å². The summed E-state index contributed by atoms with van der Waals surface area (Å²) in [7, 11) is 3.31. The summed E-state index contributed by atoms with van der Waals surface area (Å²) >= 11 is 0. The zero-order valence-corrected chi connectivity index (χ0v) is 22.7. The number of carbonyl (C=O) groups excluding carboxylic acids is 1. The summed E-state index contributed by atoms with van der Waals surface area (Å²) in [4.78, 5) is 14.3. The monoisotopic (exact) mass is 510 g/mol. The molecule has 0 unspecified atom stereocenters. The van der Waals surface area contributed by atoms with Gasteiger partial charge in [-0.25, -0.2) is 0 Å². The SMILES string of the molecule is COc1ccc(O)c2c1[C@H]1C[C@@]3(C(C)=CCCC3(C)C)c3c(OC)cc(OCc4ccccc4)c(c31)C2=O. The van der Waals surface area contributed by atoms with Gasteiger partial charge in [0.05, 0.1) is 25.3 Å². The molecule has 2 atom stereocenters. The van der Waals surface area contributed by atoms with Crippen molar-refractivity contribution in [2.75, 3.05) is 14.2 Å². The molecule has 5 heteroatoms. The second-order valence-electron chi connectivity index (χ2n) is 11.4. The minimum atomic E-state index is -0.332. The third-order valence-corrected chi connectivity index (χ3v) is 9.29. The predicted octanol–water partition coefficient (Wildman–Crippen LogP) is 7.07. The lowest BCUT2D eigenvalue weighted by Crippen LogP contribution is -2.43. The fourth-order valence-electron chi connectivity index (χ4n) is 7.46. The van der Waals surface area contributed by atoms with Crippen molar-refractivity contribution in [2.45, 2.75) is 58.0 Å². The van der Waals surface area contributed by atoms with E-state index < -0.39 is 0 Å². The van der Waals surface area contributed by atoms with Gasteiger partial charge in [0.1, 0.15) is 29.6 Å². The molecular weight excluding hydrogens is 476 g/mol. The molecule has 196 valence electrons. The van der Waals surface area contributed by atoms with E-state index in [1.807, 2.05) is 36.4 Å². The zero-order chi connectivity index (χ0) is 26.8. The largest absolute Gasteiger partial charge is 0.507 e. The third kappa shape index (κ3) is 3.20. The normalized spacial score (nSPS) is 22.5. The van der Waals surface area contributed by atoms with Crippen LogP contribution in [0.1, 0.15) is 84.1 Å². The van der Waals surface area contributed by atoms with Crippen LogP contribution < -0.4 is 14.2 Å². The predicted molar refractivity (Wildman–Crippen MR) is 147 cm³/mol. The highest BCUT2D eigenvalue weighted by Gasteiger charge is 2.60. The first kappa shape index (κ1) is 24.6. The third-order valence-electron chi connectivity index (χ3n) is 9.29. The number of hydrogen-bond donors (Lipinski definition) is 1. The maximum absolute atomic E-state index is 14.3. The first-order valence-corrected chi connectivity index (χ1v) is 13.3. The van der Waals surface area contributed by atoms with Crippen molar-refractivity contribution in [3.8, 4) is 23.0 Å². The van der Waals surface area contributed by atoms with Crippen molar-refractivity contribution < 1.29 is 24.1 Å². The van der Waals surface area contributed by atoms with E-state index in [1.165, 1.54) is 5.57 Å². The number of hydrogen-bond acceptors (Lipinski definition) is 5. The van der Waals surface area contributed by atoms with Gasteiger partial charge < -0.3 is 19.3 Å². The molecule has 5 nitrogen and oxygen atoms in total. The van der Waals surface area contributed by atoms with Gasteiger partial charge in [0, 0.05) is 28.5 Å². The Morgan fingerprint density at radius 1 is 0.947 bits per heavy atom. The maximum atomic E-state index is 14.3. The van der Waals surface area contributed by atoms with E-state index in [4.69, 9.17) is 14.2 Å². The van der Waals surface area contributed by atoms with Crippen molar-refractivity contribution in [1.29, 1.82) is 0 Å². The average Bonchev–Trinajstić information content (AvgIpc) is 3.28. The Bertz CT molecular complexity index is 1480. The molecule has 1 N–H and O–H groups in total. The highest BCUT2D eigenvalue weighted by atomic mass is 16.5. The second kappa shape index (κ2) is 8.65. The molecule has 0 saturated carbocycles. The number of methoxy groups -OCH3 is 2. The molecule has 0 aliphatic heterocycles. The number of allylic oxidation sites excluding steroid dienone is 2. The summed E-state index contributed by atoms with van der Waals surface area (Å²) in [5.74, 6) is 1.44. The second-order valence-corrected chi connectivity index (χ2v) is 11.4. The molecule has 6 rings (SSSR count). The highest BCUT2D eigenvalue weighted by Crippen LogP contribution is 2.68. The number of ether oxygens (including phenoxy) is 3. The lowest BCUT2D eigenvalue weighted by Gasteiger charge is -2.49. The summed E-state index contributed by atoms with van der Waals surface area (Å²) < 4.78 is 18.3. The molecule has 0 saturated heterocycles. The molecular formula is C33H34O5. The van der Waals surface area contributed by atoms with Gasteiger partial charge in [0.25, 0.3) is 0 Å². The van der Waals surface area contributed by atoms with E-state index in [0.29, 0.717) is 29.2 Å². The number of ketones is 1. The Morgan fingerprint density at radius 2 is 1.68 bits per heavy atom. The van der Waals surface area contributed by atoms with Gasteiger partial charge in [-0.3, -0.25) is 4.79 Å². The van der Waals surface area contributed by atoms with Crippen LogP contribution in [0.5, 0.6) is 23.0 Å². The van der Waals surface area contributed by atoms with Crippen LogP contribution in [0, 0.1) is 5.41 Å². The molecule has 3 aromatic carbocycles. The Hall–Kier alpha value is -3.73. The van der Waals surface area contributed by atoms with E-state index in [1.54, 1.807) is 26.4 Å². The van der Waals surface area contributed by atoms with E-state index >= 15 is 0 Å². The molecule has 0 heterocycles. The van der Waals surface area contributed by atoms with Gasteiger partial charge in [0.2, 0.25) is 5.78 Å². The van der Waals surface area contributed by atoms with E-state index in [9.17, 15) is 9.90 Å². The molecule has 38 heavy (non-hydrogen) atoms. The van der Waals surface area contributed by atoms with Crippen molar-refractivity contribution in [1.82, 2.24) is 0 Å². The van der Waals surface area contributed by atoms with Crippen molar-refractivity contribution >= 4 is 5.78 Å². The molecule has 0 fully saturated rings. The average molecular weight is 511 g/mol. The molecule has 3 aliphatic rings. The Labute approximate surface area is 224 Å². The van der Waals surface area contributed by atoms with E-state index in [-0.39, 0.29) is 28.3 Å². The number of carbonyl (C=O) groups is 1. The van der Waals surface area contributed by atoms with E-state index in [0.717, 1.165) is 47.3 Å². The first-order chi connectivity index (χ1) is 18.2. The Kier molecular flexibility index (Phi) is 5.60. The summed E-state index contributed by atoms with van der Waals surface area (Å²) in [6, 6.07) is 15.1. The van der Waals surface area contributed by atoms with Gasteiger partial charge in [-0.1, -0.05) is 55.8 Å². The molecule has 0 aromatic heterocycles. The fraction of sp³-hybridized carbons (Fsp3) is 0.364. The lowest BCUT2D eigenvalue weighted by atomic mass is 9.54. The fourth-order valence-corrected chi connectivity index (χ4v) is 7.46. The number of aromatic hydroxyl groups is 1.